The summed E-state index contributed by atoms with van der Waals surface area (Å²) in [4.78, 5) is 27.6. The smallest absolute Gasteiger partial charge is 0.254 e. The number of hydrazone groups is 1. The SMILES string of the molecule is Cc1ccc(-n2c(C)cc(/C=N/N3C(=O)C4C5c6ccccc6C(c6ccccc65)C4C3=O)c2C)cc1Br. The number of nitrogens with zero attached hydrogens (tertiary/aromatic N) is 3. The Labute approximate surface area is 229 Å². The number of benzene rings is 3. The highest BCUT2D eigenvalue weighted by Crippen LogP contribution is 2.60. The van der Waals surface area contributed by atoms with Gasteiger partial charge in [-0.2, -0.15) is 10.1 Å². The molecule has 0 N–H and O–H groups in total. The topological polar surface area (TPSA) is 54.7 Å². The Hall–Kier alpha value is -3.77. The van der Waals surface area contributed by atoms with Gasteiger partial charge in [0.25, 0.3) is 11.8 Å². The largest absolute Gasteiger partial charge is 0.318 e. The summed E-state index contributed by atoms with van der Waals surface area (Å²) in [5.41, 5.74) is 9.80. The van der Waals surface area contributed by atoms with E-state index in [9.17, 15) is 9.59 Å². The molecule has 2 bridgehead atoms. The summed E-state index contributed by atoms with van der Waals surface area (Å²) in [7, 11) is 0. The molecule has 2 heterocycles. The van der Waals surface area contributed by atoms with Crippen LogP contribution in [-0.2, 0) is 9.59 Å². The second-order valence-corrected chi connectivity index (χ2v) is 11.4. The summed E-state index contributed by atoms with van der Waals surface area (Å²) in [6.45, 7) is 6.14. The highest BCUT2D eigenvalue weighted by atomic mass is 79.9. The Kier molecular flexibility index (Phi) is 5.14. The third-order valence-electron chi connectivity index (χ3n) is 8.62. The molecule has 0 saturated carbocycles. The third-order valence-corrected chi connectivity index (χ3v) is 9.48. The Balaban J connectivity index is 1.26. The van der Waals surface area contributed by atoms with E-state index in [0.29, 0.717) is 0 Å². The van der Waals surface area contributed by atoms with E-state index in [0.717, 1.165) is 54.4 Å². The summed E-state index contributed by atoms with van der Waals surface area (Å²) in [5, 5.41) is 5.67. The number of halogens is 1. The van der Waals surface area contributed by atoms with Gasteiger partial charge in [0.2, 0.25) is 0 Å². The van der Waals surface area contributed by atoms with Crippen molar-refractivity contribution in [2.24, 2.45) is 16.9 Å². The van der Waals surface area contributed by atoms with E-state index in [1.807, 2.05) is 44.2 Å². The van der Waals surface area contributed by atoms with Crippen molar-refractivity contribution in [2.75, 3.05) is 0 Å². The number of aromatic nitrogens is 1. The fourth-order valence-corrected chi connectivity index (χ4v) is 7.30. The number of hydrogen-bond donors (Lipinski definition) is 0. The summed E-state index contributed by atoms with van der Waals surface area (Å²) >= 11 is 3.63. The molecule has 0 radical (unpaired) electrons. The number of rotatable bonds is 3. The fraction of sp³-hybridized carbons (Fsp3) is 0.219. The predicted octanol–water partition coefficient (Wildman–Crippen LogP) is 6.39. The zero-order valence-electron chi connectivity index (χ0n) is 21.4. The van der Waals surface area contributed by atoms with E-state index in [1.165, 1.54) is 5.56 Å². The minimum Gasteiger partial charge on any atom is -0.318 e. The van der Waals surface area contributed by atoms with Crippen molar-refractivity contribution < 1.29 is 9.59 Å². The van der Waals surface area contributed by atoms with Crippen LogP contribution in [0.2, 0.25) is 0 Å². The maximum absolute atomic E-state index is 13.8. The molecule has 2 atom stereocenters. The zero-order chi connectivity index (χ0) is 26.3. The molecule has 3 aromatic carbocycles. The average molecular weight is 564 g/mol. The summed E-state index contributed by atoms with van der Waals surface area (Å²) in [6.07, 6.45) is 1.66. The van der Waals surface area contributed by atoms with Crippen LogP contribution in [-0.4, -0.2) is 27.6 Å². The first-order valence-corrected chi connectivity index (χ1v) is 13.7. The second-order valence-electron chi connectivity index (χ2n) is 10.6. The van der Waals surface area contributed by atoms with E-state index in [-0.39, 0.29) is 23.7 Å². The van der Waals surface area contributed by atoms with E-state index < -0.39 is 11.8 Å². The van der Waals surface area contributed by atoms with Crippen molar-refractivity contribution in [1.29, 1.82) is 0 Å². The van der Waals surface area contributed by atoms with Gasteiger partial charge in [-0.25, -0.2) is 0 Å². The zero-order valence-corrected chi connectivity index (χ0v) is 22.9. The molecule has 1 saturated heterocycles. The highest BCUT2D eigenvalue weighted by Gasteiger charge is 2.61. The van der Waals surface area contributed by atoms with E-state index in [4.69, 9.17) is 0 Å². The predicted molar refractivity (Wildman–Crippen MR) is 151 cm³/mol. The van der Waals surface area contributed by atoms with Gasteiger partial charge < -0.3 is 4.57 Å². The number of amides is 2. The highest BCUT2D eigenvalue weighted by molar-refractivity contribution is 9.10. The van der Waals surface area contributed by atoms with Gasteiger partial charge in [0, 0.05) is 38.9 Å². The number of aryl methyl sites for hydroxylation is 2. The lowest BCUT2D eigenvalue weighted by Gasteiger charge is -2.45. The van der Waals surface area contributed by atoms with Crippen LogP contribution in [0.4, 0.5) is 0 Å². The van der Waals surface area contributed by atoms with Gasteiger partial charge in [-0.15, -0.1) is 0 Å². The van der Waals surface area contributed by atoms with Crippen LogP contribution in [0.3, 0.4) is 0 Å². The first-order chi connectivity index (χ1) is 18.4. The van der Waals surface area contributed by atoms with E-state index >= 15 is 0 Å². The number of carbonyl (C=O) groups is 2. The molecule has 2 amide bonds. The second kappa shape index (κ2) is 8.37. The van der Waals surface area contributed by atoms with Crippen LogP contribution in [0.1, 0.15) is 56.6 Å². The van der Waals surface area contributed by atoms with Crippen molar-refractivity contribution >= 4 is 34.0 Å². The van der Waals surface area contributed by atoms with Gasteiger partial charge in [0.15, 0.2) is 0 Å². The number of hydrogen-bond acceptors (Lipinski definition) is 3. The molecule has 1 aliphatic heterocycles. The summed E-state index contributed by atoms with van der Waals surface area (Å²) in [5.74, 6) is -1.50. The van der Waals surface area contributed by atoms with Gasteiger partial charge in [-0.1, -0.05) is 70.5 Å². The van der Waals surface area contributed by atoms with Gasteiger partial charge in [0.1, 0.15) is 0 Å². The van der Waals surface area contributed by atoms with Gasteiger partial charge in [-0.05, 0) is 66.8 Å². The minimum atomic E-state index is -0.424. The van der Waals surface area contributed by atoms with E-state index in [1.54, 1.807) is 6.21 Å². The fourth-order valence-electron chi connectivity index (χ4n) is 6.93. The average Bonchev–Trinajstić information content (AvgIpc) is 3.35. The van der Waals surface area contributed by atoms with Gasteiger partial charge in [-0.3, -0.25) is 9.59 Å². The molecule has 2 unspecified atom stereocenters. The normalized spacial score (nSPS) is 23.2. The first kappa shape index (κ1) is 23.4. The molecule has 1 fully saturated rings. The van der Waals surface area contributed by atoms with Crippen LogP contribution >= 0.6 is 15.9 Å². The monoisotopic (exact) mass is 563 g/mol. The maximum Gasteiger partial charge on any atom is 0.254 e. The minimum absolute atomic E-state index is 0.126. The Morgan fingerprint density at radius 3 is 1.79 bits per heavy atom. The van der Waals surface area contributed by atoms with Crippen LogP contribution < -0.4 is 0 Å². The van der Waals surface area contributed by atoms with Crippen molar-refractivity contribution in [3.05, 3.63) is 122 Å². The number of imide groups is 1. The standard InChI is InChI=1S/C32H26BrN3O2/c1-17-12-13-21(15-26(17)33)35-18(2)14-20(19(35)3)16-34-36-31(37)29-27-22-8-4-5-9-23(22)28(30(29)32(36)38)25-11-7-6-10-24(25)27/h4-16,27-30H,1-3H3/b34-16+. The molecule has 4 aliphatic rings. The quantitative estimate of drug-likeness (QED) is 0.214. The lowest BCUT2D eigenvalue weighted by molar-refractivity contribution is -0.139. The lowest BCUT2D eigenvalue weighted by atomic mass is 9.55. The van der Waals surface area contributed by atoms with Crippen LogP contribution in [0, 0.1) is 32.6 Å². The summed E-state index contributed by atoms with van der Waals surface area (Å²) in [6, 6.07) is 24.9. The Bertz CT molecular complexity index is 1590. The van der Waals surface area contributed by atoms with Crippen molar-refractivity contribution in [2.45, 2.75) is 32.6 Å². The molecule has 6 heteroatoms. The van der Waals surface area contributed by atoms with Crippen LogP contribution in [0.15, 0.2) is 82.4 Å². The molecule has 4 aromatic rings. The molecule has 5 nitrogen and oxygen atoms in total. The molecule has 1 aromatic heterocycles. The molecule has 188 valence electrons. The van der Waals surface area contributed by atoms with Crippen LogP contribution in [0.5, 0.6) is 0 Å². The van der Waals surface area contributed by atoms with Crippen LogP contribution in [0.25, 0.3) is 5.69 Å². The maximum atomic E-state index is 13.8. The molecule has 0 spiro atoms. The van der Waals surface area contributed by atoms with Gasteiger partial charge in [0.05, 0.1) is 18.1 Å². The van der Waals surface area contributed by atoms with Gasteiger partial charge >= 0.3 is 0 Å². The Morgan fingerprint density at radius 1 is 0.763 bits per heavy atom. The lowest BCUT2D eigenvalue weighted by Crippen LogP contribution is -2.41. The van der Waals surface area contributed by atoms with Crippen molar-refractivity contribution in [3.63, 3.8) is 0 Å². The van der Waals surface area contributed by atoms with Crippen molar-refractivity contribution in [3.8, 4) is 5.69 Å². The van der Waals surface area contributed by atoms with Crippen molar-refractivity contribution in [1.82, 2.24) is 9.58 Å². The third kappa shape index (κ3) is 3.13. The van der Waals surface area contributed by atoms with E-state index in [2.05, 4.69) is 75.0 Å². The number of carbonyl (C=O) groups excluding carboxylic acids is 2. The summed E-state index contributed by atoms with van der Waals surface area (Å²) < 4.78 is 3.21. The molecule has 3 aliphatic carbocycles. The molecular formula is C32H26BrN3O2. The molecular weight excluding hydrogens is 538 g/mol. The molecule has 38 heavy (non-hydrogen) atoms. The Morgan fingerprint density at radius 2 is 1.29 bits per heavy atom. The first-order valence-electron chi connectivity index (χ1n) is 12.9. The molecule has 8 rings (SSSR count).